The van der Waals surface area contributed by atoms with E-state index in [9.17, 15) is 0 Å². The van der Waals surface area contributed by atoms with Crippen molar-refractivity contribution in [3.63, 3.8) is 0 Å². The van der Waals surface area contributed by atoms with Crippen molar-refractivity contribution in [3.8, 4) is 0 Å². The lowest BCUT2D eigenvalue weighted by Gasteiger charge is -2.23. The SMILES string of the molecule is CN(C)c1ccc(C(/C=C2\C=Cc3ccccc3[NH+]2C)c2ccccc2)cc1.[I-]. The van der Waals surface area contributed by atoms with E-state index in [1.54, 1.807) is 0 Å². The molecule has 0 saturated heterocycles. The maximum Gasteiger partial charge on any atom is 0.143 e. The lowest BCUT2D eigenvalue weighted by atomic mass is 9.89. The maximum atomic E-state index is 2.40. The number of hydrogen-bond acceptors (Lipinski definition) is 1. The predicted octanol–water partition coefficient (Wildman–Crippen LogP) is 1.65. The van der Waals surface area contributed by atoms with Gasteiger partial charge in [0.25, 0.3) is 0 Å². The van der Waals surface area contributed by atoms with Crippen LogP contribution in [0, 0.1) is 0 Å². The highest BCUT2D eigenvalue weighted by Gasteiger charge is 2.21. The van der Waals surface area contributed by atoms with Gasteiger partial charge in [0, 0.05) is 37.3 Å². The summed E-state index contributed by atoms with van der Waals surface area (Å²) in [5, 5.41) is 0. The average molecular weight is 494 g/mol. The van der Waals surface area contributed by atoms with Gasteiger partial charge in [0.15, 0.2) is 0 Å². The highest BCUT2D eigenvalue weighted by molar-refractivity contribution is 5.65. The molecule has 0 aliphatic carbocycles. The molecule has 2 nitrogen and oxygen atoms in total. The van der Waals surface area contributed by atoms with Crippen LogP contribution in [0.25, 0.3) is 6.08 Å². The maximum absolute atomic E-state index is 2.40. The standard InChI is InChI=1S/C26H26N2.HI/c1-27(2)23-16-13-21(14-17-23)25(20-9-5-4-6-10-20)19-24-18-15-22-11-7-8-12-26(22)28(24)3;/h4-19,25H,1-3H3;1H/b24-19+;. The molecule has 3 aromatic carbocycles. The second-order valence-corrected chi connectivity index (χ2v) is 7.54. The van der Waals surface area contributed by atoms with Crippen LogP contribution in [-0.4, -0.2) is 21.1 Å². The molecule has 0 bridgehead atoms. The average Bonchev–Trinajstić information content (AvgIpc) is 2.74. The third-order valence-corrected chi connectivity index (χ3v) is 5.51. The summed E-state index contributed by atoms with van der Waals surface area (Å²) in [6.45, 7) is 0. The van der Waals surface area contributed by atoms with Crippen LogP contribution in [0.3, 0.4) is 0 Å². The first-order chi connectivity index (χ1) is 13.6. The topological polar surface area (TPSA) is 7.68 Å². The van der Waals surface area contributed by atoms with E-state index in [-0.39, 0.29) is 29.9 Å². The number of likely N-dealkylation sites (N-methyl/N-ethyl adjacent to an activating group) is 1. The Labute approximate surface area is 191 Å². The van der Waals surface area contributed by atoms with E-state index >= 15 is 0 Å². The molecule has 3 aromatic rings. The fraction of sp³-hybridized carbons (Fsp3) is 0.154. The number of allylic oxidation sites excluding steroid dienone is 2. The zero-order chi connectivity index (χ0) is 19.5. The Hall–Kier alpha value is -2.37. The van der Waals surface area contributed by atoms with Gasteiger partial charge in [-0.3, -0.25) is 4.90 Å². The lowest BCUT2D eigenvalue weighted by Crippen LogP contribution is -3.02. The number of nitrogens with zero attached hydrogens (tertiary/aromatic N) is 1. The number of quaternary nitrogens is 1. The first-order valence-electron chi connectivity index (χ1n) is 9.79. The van der Waals surface area contributed by atoms with Gasteiger partial charge in [-0.1, -0.05) is 54.6 Å². The fourth-order valence-electron chi connectivity index (χ4n) is 3.83. The summed E-state index contributed by atoms with van der Waals surface area (Å²) < 4.78 is 0. The van der Waals surface area contributed by atoms with E-state index in [0.29, 0.717) is 0 Å². The zero-order valence-corrected chi connectivity index (χ0v) is 19.3. The number of rotatable bonds is 4. The molecular weight excluding hydrogens is 467 g/mol. The Morgan fingerprint density at radius 2 is 1.38 bits per heavy atom. The number of fused-ring (bicyclic) bond motifs is 1. The Balaban J connectivity index is 0.00000240. The van der Waals surface area contributed by atoms with Crippen LogP contribution >= 0.6 is 0 Å². The van der Waals surface area contributed by atoms with Gasteiger partial charge >= 0.3 is 0 Å². The minimum atomic E-state index is 0. The van der Waals surface area contributed by atoms with E-state index in [4.69, 9.17) is 0 Å². The Kier molecular flexibility index (Phi) is 6.93. The highest BCUT2D eigenvalue weighted by Crippen LogP contribution is 2.29. The molecule has 29 heavy (non-hydrogen) atoms. The monoisotopic (exact) mass is 494 g/mol. The second-order valence-electron chi connectivity index (χ2n) is 7.54. The summed E-state index contributed by atoms with van der Waals surface area (Å²) in [5.74, 6) is 0.220. The molecule has 0 amide bonds. The van der Waals surface area contributed by atoms with Gasteiger partial charge in [-0.25, -0.2) is 0 Å². The molecular formula is C26H27IN2. The van der Waals surface area contributed by atoms with E-state index < -0.39 is 0 Å². The Morgan fingerprint density at radius 3 is 2.07 bits per heavy atom. The van der Waals surface area contributed by atoms with Crippen LogP contribution < -0.4 is 33.8 Å². The number of hydrogen-bond donors (Lipinski definition) is 1. The highest BCUT2D eigenvalue weighted by atomic mass is 127. The molecule has 1 aliphatic rings. The molecule has 4 rings (SSSR count). The van der Waals surface area contributed by atoms with Crippen LogP contribution in [0.2, 0.25) is 0 Å². The fourth-order valence-corrected chi connectivity index (χ4v) is 3.83. The summed E-state index contributed by atoms with van der Waals surface area (Å²) >= 11 is 0. The van der Waals surface area contributed by atoms with Crippen molar-refractivity contribution < 1.29 is 28.9 Å². The summed E-state index contributed by atoms with van der Waals surface area (Å²) in [6, 6.07) is 28.3. The number of para-hydroxylation sites is 1. The minimum Gasteiger partial charge on any atom is -1.00 e. The number of benzene rings is 3. The van der Waals surface area contributed by atoms with Crippen LogP contribution in [0.5, 0.6) is 0 Å². The van der Waals surface area contributed by atoms with Crippen molar-refractivity contribution in [2.45, 2.75) is 5.92 Å². The molecule has 148 valence electrons. The number of nitrogens with one attached hydrogen (secondary N) is 1. The van der Waals surface area contributed by atoms with Gasteiger partial charge in [0.2, 0.25) is 0 Å². The van der Waals surface area contributed by atoms with Crippen molar-refractivity contribution in [1.29, 1.82) is 0 Å². The number of anilines is 1. The minimum absolute atomic E-state index is 0. The summed E-state index contributed by atoms with van der Waals surface area (Å²) in [6.07, 6.45) is 6.88. The molecule has 0 aromatic heterocycles. The molecule has 0 saturated carbocycles. The second kappa shape index (κ2) is 9.42. The van der Waals surface area contributed by atoms with Crippen molar-refractivity contribution >= 4 is 17.5 Å². The van der Waals surface area contributed by atoms with E-state index in [0.717, 1.165) is 0 Å². The molecule has 1 heterocycles. The van der Waals surface area contributed by atoms with E-state index in [1.807, 2.05) is 0 Å². The van der Waals surface area contributed by atoms with Gasteiger partial charge < -0.3 is 28.9 Å². The molecule has 1 N–H and O–H groups in total. The summed E-state index contributed by atoms with van der Waals surface area (Å²) in [5.41, 5.74) is 7.76. The molecule has 0 radical (unpaired) electrons. The molecule has 0 fully saturated rings. The molecule has 3 heteroatoms. The zero-order valence-electron chi connectivity index (χ0n) is 17.1. The van der Waals surface area contributed by atoms with Gasteiger partial charge in [0.05, 0.1) is 7.05 Å². The van der Waals surface area contributed by atoms with Crippen LogP contribution in [0.1, 0.15) is 22.6 Å². The molecule has 2 atom stereocenters. The molecule has 0 spiro atoms. The van der Waals surface area contributed by atoms with Gasteiger partial charge in [-0.05, 0) is 47.6 Å². The van der Waals surface area contributed by atoms with Crippen LogP contribution in [0.4, 0.5) is 11.4 Å². The Morgan fingerprint density at radius 1 is 0.759 bits per heavy atom. The normalized spacial score (nSPS) is 17.3. The summed E-state index contributed by atoms with van der Waals surface area (Å²) in [7, 11) is 6.38. The lowest BCUT2D eigenvalue weighted by molar-refractivity contribution is -0.763. The number of halogens is 1. The van der Waals surface area contributed by atoms with Gasteiger partial charge in [-0.2, -0.15) is 0 Å². The van der Waals surface area contributed by atoms with E-state index in [1.165, 1.54) is 38.7 Å². The van der Waals surface area contributed by atoms with Crippen molar-refractivity contribution in [2.24, 2.45) is 0 Å². The summed E-state index contributed by atoms with van der Waals surface area (Å²) in [4.78, 5) is 3.47. The predicted molar refractivity (Wildman–Crippen MR) is 119 cm³/mol. The first kappa shape index (κ1) is 21.3. The van der Waals surface area contributed by atoms with Crippen LogP contribution in [0.15, 0.2) is 96.7 Å². The molecule has 2 unspecified atom stereocenters. The van der Waals surface area contributed by atoms with Gasteiger partial charge in [-0.15, -0.1) is 0 Å². The van der Waals surface area contributed by atoms with Gasteiger partial charge in [0.1, 0.15) is 11.4 Å². The van der Waals surface area contributed by atoms with Crippen molar-refractivity contribution in [1.82, 2.24) is 0 Å². The third-order valence-electron chi connectivity index (χ3n) is 5.51. The smallest absolute Gasteiger partial charge is 0.143 e. The first-order valence-corrected chi connectivity index (χ1v) is 9.79. The quantitative estimate of drug-likeness (QED) is 0.543. The van der Waals surface area contributed by atoms with Crippen LogP contribution in [-0.2, 0) is 0 Å². The largest absolute Gasteiger partial charge is 1.00 e. The van der Waals surface area contributed by atoms with E-state index in [2.05, 4.69) is 123 Å². The molecule has 1 aliphatic heterocycles. The van der Waals surface area contributed by atoms with Crippen molar-refractivity contribution in [2.75, 3.05) is 26.0 Å². The third kappa shape index (κ3) is 4.62. The van der Waals surface area contributed by atoms with Crippen molar-refractivity contribution in [3.05, 3.63) is 113 Å². The Bertz CT molecular complexity index is 1000.